The molecule has 0 bridgehead atoms. The summed E-state index contributed by atoms with van der Waals surface area (Å²) in [4.78, 5) is 15.4. The lowest BCUT2D eigenvalue weighted by molar-refractivity contribution is 0.112. The number of carbonyl (C=O) groups excluding carboxylic acids is 1. The Morgan fingerprint density at radius 1 is 1.00 bits per heavy atom. The molecule has 0 aliphatic heterocycles. The highest BCUT2D eigenvalue weighted by molar-refractivity contribution is 7.14. The Labute approximate surface area is 132 Å². The predicted octanol–water partition coefficient (Wildman–Crippen LogP) is 4.07. The van der Waals surface area contributed by atoms with E-state index in [9.17, 15) is 4.79 Å². The third-order valence-corrected chi connectivity index (χ3v) is 3.81. The minimum absolute atomic E-state index is 0.608. The molecule has 0 fully saturated rings. The second kappa shape index (κ2) is 6.78. The molecule has 0 aliphatic carbocycles. The molecule has 1 aromatic heterocycles. The van der Waals surface area contributed by atoms with Crippen molar-refractivity contribution < 1.29 is 4.79 Å². The maximum Gasteiger partial charge on any atom is 0.203 e. The number of thiazole rings is 1. The van der Waals surface area contributed by atoms with Crippen LogP contribution < -0.4 is 5.43 Å². The van der Waals surface area contributed by atoms with Gasteiger partial charge in [-0.1, -0.05) is 54.6 Å². The average Bonchev–Trinajstić information content (AvgIpc) is 3.05. The summed E-state index contributed by atoms with van der Waals surface area (Å²) in [5, 5.41) is 6.83. The van der Waals surface area contributed by atoms with Crippen molar-refractivity contribution in [3.63, 3.8) is 0 Å². The van der Waals surface area contributed by atoms with Gasteiger partial charge in [0.25, 0.3) is 0 Å². The number of hydrogen-bond donors (Lipinski definition) is 1. The van der Waals surface area contributed by atoms with Gasteiger partial charge < -0.3 is 0 Å². The lowest BCUT2D eigenvalue weighted by atomic mass is 10.1. The first-order chi connectivity index (χ1) is 10.9. The van der Waals surface area contributed by atoms with Crippen molar-refractivity contribution in [3.8, 4) is 11.3 Å². The molecule has 3 aromatic rings. The fraction of sp³-hybridized carbons (Fsp3) is 0. The molecule has 22 heavy (non-hydrogen) atoms. The number of rotatable bonds is 5. The van der Waals surface area contributed by atoms with E-state index in [0.29, 0.717) is 10.7 Å². The van der Waals surface area contributed by atoms with E-state index in [0.717, 1.165) is 23.1 Å². The molecule has 0 atom stereocenters. The Hall–Kier alpha value is -2.79. The van der Waals surface area contributed by atoms with Gasteiger partial charge in [0.15, 0.2) is 6.29 Å². The average molecular weight is 307 g/mol. The van der Waals surface area contributed by atoms with E-state index < -0.39 is 0 Å². The second-order valence-electron chi connectivity index (χ2n) is 4.52. The molecule has 108 valence electrons. The van der Waals surface area contributed by atoms with Crippen molar-refractivity contribution in [2.45, 2.75) is 0 Å². The fourth-order valence-corrected chi connectivity index (χ4v) is 2.63. The molecule has 0 aliphatic rings. The smallest absolute Gasteiger partial charge is 0.203 e. The number of carbonyl (C=O) groups is 1. The highest BCUT2D eigenvalue weighted by Crippen LogP contribution is 2.24. The van der Waals surface area contributed by atoms with Gasteiger partial charge in [0, 0.05) is 22.1 Å². The number of hydrogen-bond acceptors (Lipinski definition) is 5. The van der Waals surface area contributed by atoms with Gasteiger partial charge in [-0.15, -0.1) is 11.3 Å². The Morgan fingerprint density at radius 3 is 2.50 bits per heavy atom. The van der Waals surface area contributed by atoms with Gasteiger partial charge >= 0.3 is 0 Å². The van der Waals surface area contributed by atoms with Crippen LogP contribution in [0.25, 0.3) is 11.3 Å². The summed E-state index contributed by atoms with van der Waals surface area (Å²) in [6, 6.07) is 17.3. The number of nitrogens with zero attached hydrogens (tertiary/aromatic N) is 2. The third kappa shape index (κ3) is 3.27. The Kier molecular flexibility index (Phi) is 4.36. The quantitative estimate of drug-likeness (QED) is 0.439. The molecule has 2 aromatic carbocycles. The van der Waals surface area contributed by atoms with E-state index in [2.05, 4.69) is 15.5 Å². The van der Waals surface area contributed by atoms with E-state index in [-0.39, 0.29) is 0 Å². The zero-order valence-corrected chi connectivity index (χ0v) is 12.5. The van der Waals surface area contributed by atoms with E-state index >= 15 is 0 Å². The van der Waals surface area contributed by atoms with Crippen molar-refractivity contribution >= 4 is 29.0 Å². The van der Waals surface area contributed by atoms with Gasteiger partial charge in [-0.25, -0.2) is 4.98 Å². The van der Waals surface area contributed by atoms with E-state index in [4.69, 9.17) is 0 Å². The Balaban J connectivity index is 1.71. The Morgan fingerprint density at radius 2 is 1.73 bits per heavy atom. The molecule has 1 N–H and O–H groups in total. The minimum atomic E-state index is 0.608. The van der Waals surface area contributed by atoms with Gasteiger partial charge in [0.1, 0.15) is 0 Å². The number of nitrogens with one attached hydrogen (secondary N) is 1. The van der Waals surface area contributed by atoms with E-state index in [1.807, 2.05) is 53.9 Å². The van der Waals surface area contributed by atoms with Crippen molar-refractivity contribution in [3.05, 3.63) is 71.1 Å². The van der Waals surface area contributed by atoms with Crippen LogP contribution in [0.2, 0.25) is 0 Å². The van der Waals surface area contributed by atoms with Crippen LogP contribution >= 0.6 is 11.3 Å². The maximum atomic E-state index is 10.9. The molecule has 1 heterocycles. The maximum absolute atomic E-state index is 10.9. The zero-order valence-electron chi connectivity index (χ0n) is 11.6. The van der Waals surface area contributed by atoms with E-state index in [1.165, 1.54) is 11.3 Å². The first-order valence-electron chi connectivity index (χ1n) is 6.71. The van der Waals surface area contributed by atoms with Crippen molar-refractivity contribution in [2.75, 3.05) is 5.43 Å². The van der Waals surface area contributed by atoms with Gasteiger partial charge in [0.2, 0.25) is 5.13 Å². The number of hydrazone groups is 1. The fourth-order valence-electron chi connectivity index (χ4n) is 1.96. The largest absolute Gasteiger partial charge is 0.298 e. The first-order valence-corrected chi connectivity index (χ1v) is 7.59. The summed E-state index contributed by atoms with van der Waals surface area (Å²) in [5.41, 5.74) is 6.26. The van der Waals surface area contributed by atoms with Gasteiger partial charge in [-0.2, -0.15) is 5.10 Å². The van der Waals surface area contributed by atoms with Crippen LogP contribution in [0.1, 0.15) is 15.9 Å². The number of aldehydes is 1. The summed E-state index contributed by atoms with van der Waals surface area (Å²) in [5.74, 6) is 0. The lowest BCUT2D eigenvalue weighted by Gasteiger charge is -1.97. The minimum Gasteiger partial charge on any atom is -0.298 e. The molecule has 5 heteroatoms. The van der Waals surface area contributed by atoms with Crippen molar-refractivity contribution in [2.24, 2.45) is 5.10 Å². The summed E-state index contributed by atoms with van der Waals surface area (Å²) >= 11 is 1.48. The monoisotopic (exact) mass is 307 g/mol. The van der Waals surface area contributed by atoms with Crippen LogP contribution in [0.4, 0.5) is 5.13 Å². The molecule has 0 radical (unpaired) electrons. The molecule has 0 amide bonds. The summed E-state index contributed by atoms with van der Waals surface area (Å²) in [7, 11) is 0. The lowest BCUT2D eigenvalue weighted by Crippen LogP contribution is -1.94. The standard InChI is InChI=1S/C17H13N3OS/c21-11-15-9-5-4-8-14(15)10-18-20-17-19-16(12-22-17)13-6-2-1-3-7-13/h1-12H,(H,19,20). The topological polar surface area (TPSA) is 54.4 Å². The molecule has 0 spiro atoms. The van der Waals surface area contributed by atoms with Crippen LogP contribution in [-0.2, 0) is 0 Å². The van der Waals surface area contributed by atoms with Crippen LogP contribution in [0, 0.1) is 0 Å². The summed E-state index contributed by atoms with van der Waals surface area (Å²) < 4.78 is 0. The Bertz CT molecular complexity index is 796. The summed E-state index contributed by atoms with van der Waals surface area (Å²) in [6.07, 6.45) is 2.44. The molecular formula is C17H13N3OS. The van der Waals surface area contributed by atoms with E-state index in [1.54, 1.807) is 12.3 Å². The van der Waals surface area contributed by atoms with Gasteiger partial charge in [0.05, 0.1) is 11.9 Å². The van der Waals surface area contributed by atoms with Crippen LogP contribution in [0.3, 0.4) is 0 Å². The van der Waals surface area contributed by atoms with Crippen LogP contribution in [0.15, 0.2) is 65.1 Å². The predicted molar refractivity (Wildman–Crippen MR) is 90.6 cm³/mol. The third-order valence-electron chi connectivity index (χ3n) is 3.06. The second-order valence-corrected chi connectivity index (χ2v) is 5.38. The molecule has 0 saturated heterocycles. The van der Waals surface area contributed by atoms with Gasteiger partial charge in [-0.05, 0) is 0 Å². The highest BCUT2D eigenvalue weighted by atomic mass is 32.1. The number of aromatic nitrogens is 1. The number of benzene rings is 2. The molecule has 3 rings (SSSR count). The molecule has 0 saturated carbocycles. The highest BCUT2D eigenvalue weighted by Gasteiger charge is 2.03. The summed E-state index contributed by atoms with van der Waals surface area (Å²) in [6.45, 7) is 0. The normalized spacial score (nSPS) is 10.7. The molecular weight excluding hydrogens is 294 g/mol. The van der Waals surface area contributed by atoms with Crippen LogP contribution in [-0.4, -0.2) is 17.5 Å². The van der Waals surface area contributed by atoms with Gasteiger partial charge in [-0.3, -0.25) is 10.2 Å². The van der Waals surface area contributed by atoms with Crippen molar-refractivity contribution in [1.29, 1.82) is 0 Å². The van der Waals surface area contributed by atoms with Crippen LogP contribution in [0.5, 0.6) is 0 Å². The zero-order chi connectivity index (χ0) is 15.2. The molecule has 4 nitrogen and oxygen atoms in total. The SMILES string of the molecule is O=Cc1ccccc1C=NNc1nc(-c2ccccc2)cs1. The van der Waals surface area contributed by atoms with Crippen molar-refractivity contribution in [1.82, 2.24) is 4.98 Å². The first kappa shape index (κ1) is 14.2. The number of anilines is 1. The molecule has 0 unspecified atom stereocenters.